The lowest BCUT2D eigenvalue weighted by Crippen LogP contribution is -2.13. The van der Waals surface area contributed by atoms with Crippen molar-refractivity contribution in [1.29, 1.82) is 0 Å². The van der Waals surface area contributed by atoms with Crippen LogP contribution in [0.3, 0.4) is 0 Å². The number of hydrogen-bond acceptors (Lipinski definition) is 2. The Morgan fingerprint density at radius 1 is 1.55 bits per heavy atom. The van der Waals surface area contributed by atoms with Crippen molar-refractivity contribution in [2.45, 2.75) is 20.3 Å². The molecule has 4 heteroatoms. The highest BCUT2D eigenvalue weighted by molar-refractivity contribution is 6.00. The Hall–Kier alpha value is -1.32. The van der Waals surface area contributed by atoms with Crippen molar-refractivity contribution >= 4 is 11.6 Å². The zero-order valence-corrected chi connectivity index (χ0v) is 6.59. The van der Waals surface area contributed by atoms with Crippen LogP contribution in [0, 0.1) is 0 Å². The summed E-state index contributed by atoms with van der Waals surface area (Å²) in [5.74, 6) is -0.368. The molecule has 0 unspecified atom stereocenters. The van der Waals surface area contributed by atoms with Gasteiger partial charge >= 0.3 is 0 Å². The number of carbonyl (C=O) groups excluding carboxylic acids is 1. The third kappa shape index (κ3) is 1.58. The Labute approximate surface area is 65.2 Å². The van der Waals surface area contributed by atoms with Crippen LogP contribution in [0.1, 0.15) is 20.3 Å². The second kappa shape index (κ2) is 2.74. The fourth-order valence-electron chi connectivity index (χ4n) is 0.827. The maximum atomic E-state index is 10.5. The van der Waals surface area contributed by atoms with E-state index in [1.807, 2.05) is 13.8 Å². The summed E-state index contributed by atoms with van der Waals surface area (Å²) in [6.45, 7) is 3.74. The summed E-state index contributed by atoms with van der Waals surface area (Å²) in [5.41, 5.74) is 11.3. The molecule has 1 heterocycles. The molecule has 0 spiro atoms. The summed E-state index contributed by atoms with van der Waals surface area (Å²) in [6.07, 6.45) is 0.187. The van der Waals surface area contributed by atoms with Crippen molar-refractivity contribution in [2.75, 3.05) is 0 Å². The van der Waals surface area contributed by atoms with Crippen LogP contribution < -0.4 is 11.2 Å². The van der Waals surface area contributed by atoms with E-state index in [9.17, 15) is 4.79 Å². The summed E-state index contributed by atoms with van der Waals surface area (Å²) in [5, 5.41) is 3.81. The number of allylic oxidation sites excluding steroid dienone is 1. The Bertz CT molecular complexity index is 252. The number of hydrogen-bond donors (Lipinski definition) is 1. The van der Waals surface area contributed by atoms with Gasteiger partial charge in [-0.05, 0) is 19.4 Å². The predicted octanol–water partition coefficient (Wildman–Crippen LogP) is 0.130. The second-order valence-electron chi connectivity index (χ2n) is 2.50. The molecule has 11 heavy (non-hydrogen) atoms. The van der Waals surface area contributed by atoms with E-state index in [0.29, 0.717) is 5.70 Å². The van der Waals surface area contributed by atoms with Gasteiger partial charge in [-0.1, -0.05) is 0 Å². The predicted molar refractivity (Wildman–Crippen MR) is 41.8 cm³/mol. The van der Waals surface area contributed by atoms with Crippen molar-refractivity contribution in [1.82, 2.24) is 5.43 Å². The molecule has 4 nitrogen and oxygen atoms in total. The zero-order valence-electron chi connectivity index (χ0n) is 6.59. The third-order valence-electron chi connectivity index (χ3n) is 1.64. The van der Waals surface area contributed by atoms with E-state index in [0.717, 1.165) is 11.3 Å². The van der Waals surface area contributed by atoms with Crippen molar-refractivity contribution in [3.63, 3.8) is 0 Å². The molecule has 1 amide bonds. The maximum Gasteiger partial charge on any atom is 0.223 e. The van der Waals surface area contributed by atoms with E-state index in [1.54, 1.807) is 0 Å². The van der Waals surface area contributed by atoms with Gasteiger partial charge in [0.25, 0.3) is 0 Å². The summed E-state index contributed by atoms with van der Waals surface area (Å²) in [4.78, 5) is 10.5. The summed E-state index contributed by atoms with van der Waals surface area (Å²) in [7, 11) is 0. The summed E-state index contributed by atoms with van der Waals surface area (Å²) in [6, 6.07) is 0. The fraction of sp³-hybridized carbons (Fsp3) is 0.429. The maximum absolute atomic E-state index is 10.5. The highest BCUT2D eigenvalue weighted by Gasteiger charge is 2.14. The highest BCUT2D eigenvalue weighted by Crippen LogP contribution is 2.14. The molecule has 0 fully saturated rings. The van der Waals surface area contributed by atoms with E-state index in [4.69, 9.17) is 5.73 Å². The summed E-state index contributed by atoms with van der Waals surface area (Å²) < 4.78 is 0. The second-order valence-corrected chi connectivity index (χ2v) is 2.50. The Kier molecular flexibility index (Phi) is 1.94. The van der Waals surface area contributed by atoms with Crippen LogP contribution in [0.2, 0.25) is 0 Å². The van der Waals surface area contributed by atoms with Crippen molar-refractivity contribution < 1.29 is 4.79 Å². The average molecular weight is 152 g/mol. The smallest absolute Gasteiger partial charge is 0.223 e. The SMILES string of the molecule is CC1=N[N]C(CC(N)=O)=C1C. The minimum atomic E-state index is -0.368. The van der Waals surface area contributed by atoms with Gasteiger partial charge in [0.05, 0.1) is 17.8 Å². The van der Waals surface area contributed by atoms with E-state index in [1.165, 1.54) is 0 Å². The van der Waals surface area contributed by atoms with Crippen LogP contribution in [-0.2, 0) is 4.79 Å². The van der Waals surface area contributed by atoms with Crippen LogP contribution in [0.4, 0.5) is 0 Å². The first-order valence-electron chi connectivity index (χ1n) is 3.35. The van der Waals surface area contributed by atoms with E-state index >= 15 is 0 Å². The Morgan fingerprint density at radius 2 is 2.18 bits per heavy atom. The van der Waals surface area contributed by atoms with E-state index in [-0.39, 0.29) is 12.3 Å². The number of carbonyl (C=O) groups is 1. The Morgan fingerprint density at radius 3 is 2.55 bits per heavy atom. The number of nitrogens with zero attached hydrogens (tertiary/aromatic N) is 2. The number of nitrogens with two attached hydrogens (primary N) is 1. The quantitative estimate of drug-likeness (QED) is 0.600. The molecule has 1 rings (SSSR count). The van der Waals surface area contributed by atoms with Crippen molar-refractivity contribution in [3.8, 4) is 0 Å². The normalized spacial score (nSPS) is 16.4. The number of primary amides is 1. The van der Waals surface area contributed by atoms with Crippen LogP contribution in [0.25, 0.3) is 0 Å². The molecule has 1 radical (unpaired) electrons. The highest BCUT2D eigenvalue weighted by atomic mass is 16.1. The topological polar surface area (TPSA) is 69.6 Å². The first-order valence-corrected chi connectivity index (χ1v) is 3.35. The minimum Gasteiger partial charge on any atom is -0.369 e. The lowest BCUT2D eigenvalue weighted by Gasteiger charge is -1.96. The molecule has 0 aromatic carbocycles. The van der Waals surface area contributed by atoms with Crippen LogP contribution in [0.15, 0.2) is 16.4 Å². The van der Waals surface area contributed by atoms with Crippen molar-refractivity contribution in [3.05, 3.63) is 11.3 Å². The van der Waals surface area contributed by atoms with Gasteiger partial charge in [0, 0.05) is 0 Å². The van der Waals surface area contributed by atoms with Gasteiger partial charge in [-0.3, -0.25) is 4.79 Å². The van der Waals surface area contributed by atoms with Gasteiger partial charge in [-0.25, -0.2) is 0 Å². The molecule has 0 aromatic rings. The van der Waals surface area contributed by atoms with Gasteiger partial charge < -0.3 is 5.73 Å². The lowest BCUT2D eigenvalue weighted by atomic mass is 10.1. The molecule has 0 saturated carbocycles. The molecule has 1 aliphatic heterocycles. The molecular formula is C7H10N3O. The fourth-order valence-corrected chi connectivity index (χ4v) is 0.827. The van der Waals surface area contributed by atoms with E-state index in [2.05, 4.69) is 10.5 Å². The molecule has 0 bridgehead atoms. The van der Waals surface area contributed by atoms with Gasteiger partial charge in [-0.15, -0.1) is 0 Å². The first-order chi connectivity index (χ1) is 5.11. The molecule has 0 saturated heterocycles. The molecule has 0 aromatic heterocycles. The number of amides is 1. The van der Waals surface area contributed by atoms with Gasteiger partial charge in [-0.2, -0.15) is 10.5 Å². The van der Waals surface area contributed by atoms with Crippen molar-refractivity contribution in [2.24, 2.45) is 10.8 Å². The molecule has 2 N–H and O–H groups in total. The monoisotopic (exact) mass is 152 g/mol. The molecule has 0 aliphatic carbocycles. The minimum absolute atomic E-state index is 0.187. The van der Waals surface area contributed by atoms with Crippen LogP contribution in [0.5, 0.6) is 0 Å². The molecule has 59 valence electrons. The molecule has 0 atom stereocenters. The summed E-state index contributed by atoms with van der Waals surface area (Å²) >= 11 is 0. The zero-order chi connectivity index (χ0) is 8.43. The van der Waals surface area contributed by atoms with Gasteiger partial charge in [0.2, 0.25) is 5.91 Å². The largest absolute Gasteiger partial charge is 0.369 e. The molecule has 1 aliphatic rings. The third-order valence-corrected chi connectivity index (χ3v) is 1.64. The lowest BCUT2D eigenvalue weighted by molar-refractivity contribution is -0.117. The van der Waals surface area contributed by atoms with E-state index < -0.39 is 0 Å². The standard InChI is InChI=1S/C7H10N3O/c1-4-5(2)9-10-6(4)3-7(8)11/h3H2,1-2H3,(H2,8,11). The van der Waals surface area contributed by atoms with Crippen LogP contribution in [-0.4, -0.2) is 11.6 Å². The average Bonchev–Trinajstić information content (AvgIpc) is 2.18. The molecular weight excluding hydrogens is 142 g/mol. The first kappa shape index (κ1) is 7.78. The number of rotatable bonds is 2. The van der Waals surface area contributed by atoms with Gasteiger partial charge in [0.15, 0.2) is 0 Å². The van der Waals surface area contributed by atoms with Crippen LogP contribution >= 0.6 is 0 Å². The Balaban J connectivity index is 2.70. The van der Waals surface area contributed by atoms with Gasteiger partial charge in [0.1, 0.15) is 0 Å².